The number of nitro groups is 1. The summed E-state index contributed by atoms with van der Waals surface area (Å²) in [6.07, 6.45) is 8.07. The third-order valence-electron chi connectivity index (χ3n) is 4.08. The molecule has 1 aliphatic rings. The van der Waals surface area contributed by atoms with Crippen LogP contribution in [-0.2, 0) is 0 Å². The number of nitrogens with zero attached hydrogens (tertiary/aromatic N) is 1. The second kappa shape index (κ2) is 5.98. The van der Waals surface area contributed by atoms with Crippen LogP contribution in [0.5, 0.6) is 0 Å². The number of benzene rings is 1. The van der Waals surface area contributed by atoms with Crippen molar-refractivity contribution in [1.82, 2.24) is 0 Å². The van der Waals surface area contributed by atoms with Gasteiger partial charge >= 0.3 is 0 Å². The molecule has 1 atom stereocenters. The fourth-order valence-electron chi connectivity index (χ4n) is 2.98. The van der Waals surface area contributed by atoms with Gasteiger partial charge in [-0.2, -0.15) is 0 Å². The summed E-state index contributed by atoms with van der Waals surface area (Å²) < 4.78 is 0. The smallest absolute Gasteiger partial charge is 0.258 e. The lowest BCUT2D eigenvalue weighted by atomic mass is 9.81. The maximum absolute atomic E-state index is 10.6. The summed E-state index contributed by atoms with van der Waals surface area (Å²) >= 11 is 0. The first-order valence-electron chi connectivity index (χ1n) is 6.91. The predicted molar refractivity (Wildman–Crippen MR) is 72.7 cm³/mol. The first-order chi connectivity index (χ1) is 8.66. The summed E-state index contributed by atoms with van der Waals surface area (Å²) in [6.45, 7) is 2.23. The minimum absolute atomic E-state index is 0.184. The first-order valence-corrected chi connectivity index (χ1v) is 6.91. The molecule has 0 saturated heterocycles. The normalized spacial score (nSPS) is 18.5. The van der Waals surface area contributed by atoms with Crippen LogP contribution >= 0.6 is 0 Å². The number of non-ortho nitro benzene ring substituents is 1. The van der Waals surface area contributed by atoms with E-state index in [2.05, 4.69) is 6.92 Å². The van der Waals surface area contributed by atoms with Crippen LogP contribution in [0, 0.1) is 16.0 Å². The van der Waals surface area contributed by atoms with Crippen molar-refractivity contribution in [2.24, 2.45) is 5.92 Å². The second-order valence-corrected chi connectivity index (χ2v) is 5.49. The minimum Gasteiger partial charge on any atom is -0.258 e. The Morgan fingerprint density at radius 2 is 1.83 bits per heavy atom. The summed E-state index contributed by atoms with van der Waals surface area (Å²) in [5.41, 5.74) is 1.41. The number of rotatable bonds is 4. The molecule has 0 spiro atoms. The lowest BCUT2D eigenvalue weighted by Gasteiger charge is -2.24. The fourth-order valence-corrected chi connectivity index (χ4v) is 2.98. The van der Waals surface area contributed by atoms with Gasteiger partial charge in [-0.15, -0.1) is 0 Å². The van der Waals surface area contributed by atoms with Gasteiger partial charge in [0.25, 0.3) is 5.69 Å². The van der Waals surface area contributed by atoms with Crippen molar-refractivity contribution in [3.63, 3.8) is 0 Å². The van der Waals surface area contributed by atoms with E-state index >= 15 is 0 Å². The van der Waals surface area contributed by atoms with Crippen LogP contribution in [0.4, 0.5) is 5.69 Å². The molecule has 1 aromatic carbocycles. The highest BCUT2D eigenvalue weighted by Crippen LogP contribution is 2.33. The molecule has 0 bridgehead atoms. The quantitative estimate of drug-likeness (QED) is 0.573. The van der Waals surface area contributed by atoms with E-state index < -0.39 is 0 Å². The molecule has 0 amide bonds. The van der Waals surface area contributed by atoms with Crippen molar-refractivity contribution in [1.29, 1.82) is 0 Å². The minimum atomic E-state index is -0.338. The van der Waals surface area contributed by atoms with E-state index in [1.807, 2.05) is 12.1 Å². The van der Waals surface area contributed by atoms with Gasteiger partial charge in [0.1, 0.15) is 0 Å². The molecule has 1 aromatic rings. The molecule has 2 rings (SSSR count). The molecule has 18 heavy (non-hydrogen) atoms. The van der Waals surface area contributed by atoms with Gasteiger partial charge in [-0.05, 0) is 23.8 Å². The second-order valence-electron chi connectivity index (χ2n) is 5.49. The fraction of sp³-hybridized carbons (Fsp3) is 0.600. The molecule has 0 heterocycles. The molecule has 3 heteroatoms. The standard InChI is InChI=1S/C15H21NO2/c1-12(11-13-5-3-2-4-6-13)14-7-9-15(10-8-14)16(17)18/h7-10,12-13H,2-6,11H2,1H3/t12-/m0/s1. The molecule has 1 aliphatic carbocycles. The van der Waals surface area contributed by atoms with E-state index in [1.54, 1.807) is 12.1 Å². The summed E-state index contributed by atoms with van der Waals surface area (Å²) in [4.78, 5) is 10.3. The Hall–Kier alpha value is -1.38. The Labute approximate surface area is 108 Å². The van der Waals surface area contributed by atoms with Gasteiger partial charge in [0.2, 0.25) is 0 Å². The molecule has 0 aliphatic heterocycles. The number of hydrogen-bond donors (Lipinski definition) is 0. The maximum Gasteiger partial charge on any atom is 0.269 e. The van der Waals surface area contributed by atoms with E-state index in [9.17, 15) is 10.1 Å². The van der Waals surface area contributed by atoms with Crippen LogP contribution in [0.2, 0.25) is 0 Å². The van der Waals surface area contributed by atoms with Crippen molar-refractivity contribution in [2.75, 3.05) is 0 Å². The van der Waals surface area contributed by atoms with Gasteiger partial charge < -0.3 is 0 Å². The van der Waals surface area contributed by atoms with Crippen LogP contribution in [0.3, 0.4) is 0 Å². The zero-order chi connectivity index (χ0) is 13.0. The Bertz CT molecular complexity index is 393. The third-order valence-corrected chi connectivity index (χ3v) is 4.08. The topological polar surface area (TPSA) is 43.1 Å². The van der Waals surface area contributed by atoms with E-state index in [4.69, 9.17) is 0 Å². The molecular formula is C15H21NO2. The van der Waals surface area contributed by atoms with Gasteiger partial charge in [0.15, 0.2) is 0 Å². The Balaban J connectivity index is 1.95. The highest BCUT2D eigenvalue weighted by atomic mass is 16.6. The molecule has 3 nitrogen and oxygen atoms in total. The Morgan fingerprint density at radius 3 is 2.39 bits per heavy atom. The zero-order valence-corrected chi connectivity index (χ0v) is 11.0. The van der Waals surface area contributed by atoms with Crippen molar-refractivity contribution in [2.45, 2.75) is 51.4 Å². The summed E-state index contributed by atoms with van der Waals surface area (Å²) in [7, 11) is 0. The van der Waals surface area contributed by atoms with E-state index in [0.717, 1.165) is 5.92 Å². The van der Waals surface area contributed by atoms with Gasteiger partial charge in [-0.1, -0.05) is 51.2 Å². The maximum atomic E-state index is 10.6. The molecule has 0 unspecified atom stereocenters. The van der Waals surface area contributed by atoms with Crippen LogP contribution in [0.25, 0.3) is 0 Å². The SMILES string of the molecule is C[C@@H](CC1CCCCC1)c1ccc([N+](=O)[O-])cc1. The van der Waals surface area contributed by atoms with Crippen molar-refractivity contribution < 1.29 is 4.92 Å². The lowest BCUT2D eigenvalue weighted by Crippen LogP contribution is -2.09. The summed E-state index contributed by atoms with van der Waals surface area (Å²) in [5.74, 6) is 1.36. The third kappa shape index (κ3) is 3.31. The molecule has 0 aromatic heterocycles. The summed E-state index contributed by atoms with van der Waals surface area (Å²) in [6, 6.07) is 7.05. The van der Waals surface area contributed by atoms with E-state index in [0.29, 0.717) is 5.92 Å². The van der Waals surface area contributed by atoms with E-state index in [-0.39, 0.29) is 10.6 Å². The van der Waals surface area contributed by atoms with Gasteiger partial charge in [-0.25, -0.2) is 0 Å². The number of hydrogen-bond acceptors (Lipinski definition) is 2. The van der Waals surface area contributed by atoms with Crippen molar-refractivity contribution in [3.8, 4) is 0 Å². The predicted octanol–water partition coefficient (Wildman–Crippen LogP) is 4.67. The lowest BCUT2D eigenvalue weighted by molar-refractivity contribution is -0.384. The zero-order valence-electron chi connectivity index (χ0n) is 11.0. The van der Waals surface area contributed by atoms with Crippen LogP contribution in [0.1, 0.15) is 56.9 Å². The molecule has 1 saturated carbocycles. The van der Waals surface area contributed by atoms with E-state index in [1.165, 1.54) is 44.1 Å². The Morgan fingerprint density at radius 1 is 1.22 bits per heavy atom. The van der Waals surface area contributed by atoms with Gasteiger partial charge in [-0.3, -0.25) is 10.1 Å². The largest absolute Gasteiger partial charge is 0.269 e. The first kappa shape index (κ1) is 13.1. The highest BCUT2D eigenvalue weighted by molar-refractivity contribution is 5.34. The molecular weight excluding hydrogens is 226 g/mol. The molecule has 1 fully saturated rings. The van der Waals surface area contributed by atoms with Crippen molar-refractivity contribution in [3.05, 3.63) is 39.9 Å². The van der Waals surface area contributed by atoms with Crippen LogP contribution in [-0.4, -0.2) is 4.92 Å². The van der Waals surface area contributed by atoms with Gasteiger partial charge in [0, 0.05) is 12.1 Å². The van der Waals surface area contributed by atoms with Crippen LogP contribution in [0.15, 0.2) is 24.3 Å². The monoisotopic (exact) mass is 247 g/mol. The number of nitro benzene ring substituents is 1. The Kier molecular flexibility index (Phi) is 4.34. The summed E-state index contributed by atoms with van der Waals surface area (Å²) in [5, 5.41) is 10.6. The average Bonchev–Trinajstić information content (AvgIpc) is 2.40. The highest BCUT2D eigenvalue weighted by Gasteiger charge is 2.17. The average molecular weight is 247 g/mol. The van der Waals surface area contributed by atoms with Crippen LogP contribution < -0.4 is 0 Å². The molecule has 98 valence electrons. The van der Waals surface area contributed by atoms with Gasteiger partial charge in [0.05, 0.1) is 4.92 Å². The molecule has 0 radical (unpaired) electrons. The van der Waals surface area contributed by atoms with Crippen molar-refractivity contribution >= 4 is 5.69 Å². The molecule has 0 N–H and O–H groups in total.